The molecule has 0 saturated carbocycles. The third-order valence-electron chi connectivity index (χ3n) is 2.06. The lowest BCUT2D eigenvalue weighted by Gasteiger charge is -2.39. The molecule has 0 aromatic heterocycles. The van der Waals surface area contributed by atoms with Gasteiger partial charge in [0.15, 0.2) is 0 Å². The topological polar surface area (TPSA) is 3.24 Å². The Kier molecular flexibility index (Phi) is 2.12. The van der Waals surface area contributed by atoms with Gasteiger partial charge in [-0.2, -0.15) is 0 Å². The Morgan fingerprint density at radius 1 is 1.56 bits per heavy atom. The second-order valence-corrected chi connectivity index (χ2v) is 3.53. The molecule has 0 N–H and O–H groups in total. The summed E-state index contributed by atoms with van der Waals surface area (Å²) in [6.45, 7) is 9.50. The maximum Gasteiger partial charge on any atom is 0.00792 e. The molecule has 1 heterocycles. The van der Waals surface area contributed by atoms with Crippen molar-refractivity contribution in [3.05, 3.63) is 0 Å². The van der Waals surface area contributed by atoms with Crippen LogP contribution in [0.3, 0.4) is 0 Å². The zero-order valence-electron chi connectivity index (χ0n) is 6.72. The van der Waals surface area contributed by atoms with Crippen molar-refractivity contribution in [2.45, 2.75) is 33.2 Å². The monoisotopic (exact) mass is 127 g/mol. The van der Waals surface area contributed by atoms with Gasteiger partial charge in [-0.3, -0.25) is 0 Å². The largest absolute Gasteiger partial charge is 0.300 e. The molecule has 0 unspecified atom stereocenters. The van der Waals surface area contributed by atoms with Crippen LogP contribution in [0.15, 0.2) is 0 Å². The smallest absolute Gasteiger partial charge is 0.00792 e. The zero-order chi connectivity index (χ0) is 6.85. The van der Waals surface area contributed by atoms with Crippen molar-refractivity contribution in [2.24, 2.45) is 5.92 Å². The summed E-state index contributed by atoms with van der Waals surface area (Å²) < 4.78 is 0. The number of likely N-dealkylation sites (tertiary alicyclic amines) is 1. The molecule has 54 valence electrons. The molecule has 1 atom stereocenters. The molecule has 0 spiro atoms. The zero-order valence-corrected chi connectivity index (χ0v) is 6.72. The highest BCUT2D eigenvalue weighted by Crippen LogP contribution is 2.17. The molecule has 0 aromatic carbocycles. The van der Waals surface area contributed by atoms with E-state index in [0.29, 0.717) is 0 Å². The molecule has 1 rings (SSSR count). The van der Waals surface area contributed by atoms with E-state index in [4.69, 9.17) is 0 Å². The maximum absolute atomic E-state index is 2.55. The molecule has 0 bridgehead atoms. The molecule has 0 aliphatic carbocycles. The fourth-order valence-electron chi connectivity index (χ4n) is 1.31. The highest BCUT2D eigenvalue weighted by molar-refractivity contribution is 4.78. The molecule has 0 amide bonds. The third kappa shape index (κ3) is 1.68. The van der Waals surface area contributed by atoms with E-state index in [2.05, 4.69) is 25.7 Å². The Labute approximate surface area is 58.0 Å². The van der Waals surface area contributed by atoms with Crippen molar-refractivity contribution in [2.75, 3.05) is 13.1 Å². The second kappa shape index (κ2) is 2.70. The van der Waals surface area contributed by atoms with Crippen LogP contribution in [0, 0.1) is 5.92 Å². The summed E-state index contributed by atoms with van der Waals surface area (Å²) >= 11 is 0. The predicted molar refractivity (Wildman–Crippen MR) is 40.5 cm³/mol. The number of nitrogens with zero attached hydrogens (tertiary/aromatic N) is 1. The van der Waals surface area contributed by atoms with Gasteiger partial charge in [0.2, 0.25) is 0 Å². The second-order valence-electron chi connectivity index (χ2n) is 3.53. The number of rotatable bonds is 2. The summed E-state index contributed by atoms with van der Waals surface area (Å²) in [4.78, 5) is 2.55. The predicted octanol–water partition coefficient (Wildman–Crippen LogP) is 1.74. The van der Waals surface area contributed by atoms with Gasteiger partial charge in [0.1, 0.15) is 0 Å². The van der Waals surface area contributed by atoms with E-state index >= 15 is 0 Å². The molecular formula is C8H17N. The van der Waals surface area contributed by atoms with Crippen molar-refractivity contribution in [3.63, 3.8) is 0 Å². The molecule has 1 aliphatic heterocycles. The summed E-state index contributed by atoms with van der Waals surface area (Å²) in [5, 5.41) is 0. The van der Waals surface area contributed by atoms with Gasteiger partial charge >= 0.3 is 0 Å². The molecule has 1 nitrogen and oxygen atoms in total. The summed E-state index contributed by atoms with van der Waals surface area (Å²) in [7, 11) is 0. The first-order chi connectivity index (χ1) is 4.20. The highest BCUT2D eigenvalue weighted by atomic mass is 15.2. The van der Waals surface area contributed by atoms with Crippen molar-refractivity contribution < 1.29 is 0 Å². The van der Waals surface area contributed by atoms with Crippen molar-refractivity contribution in [1.82, 2.24) is 4.90 Å². The van der Waals surface area contributed by atoms with E-state index in [-0.39, 0.29) is 0 Å². The average Bonchev–Trinajstić information content (AvgIpc) is 1.79. The average molecular weight is 127 g/mol. The molecule has 9 heavy (non-hydrogen) atoms. The number of hydrogen-bond acceptors (Lipinski definition) is 1. The molecule has 0 radical (unpaired) electrons. The third-order valence-corrected chi connectivity index (χ3v) is 2.06. The lowest BCUT2D eigenvalue weighted by molar-refractivity contribution is 0.0900. The number of hydrogen-bond donors (Lipinski definition) is 0. The normalized spacial score (nSPS) is 28.7. The van der Waals surface area contributed by atoms with Crippen LogP contribution in [0.4, 0.5) is 0 Å². The van der Waals surface area contributed by atoms with Crippen LogP contribution in [-0.4, -0.2) is 24.0 Å². The molecule has 1 saturated heterocycles. The van der Waals surface area contributed by atoms with Crippen molar-refractivity contribution >= 4 is 0 Å². The van der Waals surface area contributed by atoms with Gasteiger partial charge in [-0.15, -0.1) is 0 Å². The Balaban J connectivity index is 2.13. The minimum absolute atomic E-state index is 0.841. The fourth-order valence-corrected chi connectivity index (χ4v) is 1.31. The van der Waals surface area contributed by atoms with Crippen LogP contribution >= 0.6 is 0 Å². The summed E-state index contributed by atoms with van der Waals surface area (Å²) in [6, 6.07) is 0.868. The van der Waals surface area contributed by atoms with Gasteiger partial charge < -0.3 is 4.90 Å². The van der Waals surface area contributed by atoms with Crippen LogP contribution in [0.5, 0.6) is 0 Å². The molecular weight excluding hydrogens is 110 g/mol. The SMILES string of the molecule is CC(C)CN1CC[C@H]1C. The van der Waals surface area contributed by atoms with E-state index in [0.717, 1.165) is 12.0 Å². The standard InChI is InChI=1S/C8H17N/c1-7(2)6-9-5-4-8(9)3/h7-8H,4-6H2,1-3H3/t8-/m1/s1. The van der Waals surface area contributed by atoms with Gasteiger partial charge in [0.25, 0.3) is 0 Å². The summed E-state index contributed by atoms with van der Waals surface area (Å²) in [6.07, 6.45) is 1.41. The Hall–Kier alpha value is -0.0400. The van der Waals surface area contributed by atoms with Crippen LogP contribution < -0.4 is 0 Å². The van der Waals surface area contributed by atoms with Crippen LogP contribution in [0.1, 0.15) is 27.2 Å². The van der Waals surface area contributed by atoms with Gasteiger partial charge in [-0.05, 0) is 25.8 Å². The minimum Gasteiger partial charge on any atom is -0.300 e. The first-order valence-corrected chi connectivity index (χ1v) is 3.94. The Morgan fingerprint density at radius 2 is 2.22 bits per heavy atom. The van der Waals surface area contributed by atoms with E-state index < -0.39 is 0 Å². The van der Waals surface area contributed by atoms with Gasteiger partial charge in [0.05, 0.1) is 0 Å². The highest BCUT2D eigenvalue weighted by Gasteiger charge is 2.22. The van der Waals surface area contributed by atoms with Gasteiger partial charge in [-0.1, -0.05) is 13.8 Å². The van der Waals surface area contributed by atoms with E-state index in [1.165, 1.54) is 19.5 Å². The van der Waals surface area contributed by atoms with Crippen molar-refractivity contribution in [3.8, 4) is 0 Å². The van der Waals surface area contributed by atoms with Crippen LogP contribution in [-0.2, 0) is 0 Å². The van der Waals surface area contributed by atoms with Crippen LogP contribution in [0.25, 0.3) is 0 Å². The summed E-state index contributed by atoms with van der Waals surface area (Å²) in [5.74, 6) is 0.841. The molecule has 0 aromatic rings. The minimum atomic E-state index is 0.841. The van der Waals surface area contributed by atoms with E-state index in [1.54, 1.807) is 0 Å². The lowest BCUT2D eigenvalue weighted by atomic mass is 10.0. The van der Waals surface area contributed by atoms with Crippen LogP contribution in [0.2, 0.25) is 0 Å². The molecule has 1 heteroatoms. The van der Waals surface area contributed by atoms with E-state index in [9.17, 15) is 0 Å². The molecule has 1 aliphatic rings. The summed E-state index contributed by atoms with van der Waals surface area (Å²) in [5.41, 5.74) is 0. The Morgan fingerprint density at radius 3 is 2.33 bits per heavy atom. The first-order valence-electron chi connectivity index (χ1n) is 3.94. The fraction of sp³-hybridized carbons (Fsp3) is 1.00. The van der Waals surface area contributed by atoms with Gasteiger partial charge in [-0.25, -0.2) is 0 Å². The first kappa shape index (κ1) is 7.07. The van der Waals surface area contributed by atoms with Gasteiger partial charge in [0, 0.05) is 12.6 Å². The van der Waals surface area contributed by atoms with Crippen molar-refractivity contribution in [1.29, 1.82) is 0 Å². The Bertz CT molecular complexity index is 88.6. The lowest BCUT2D eigenvalue weighted by Crippen LogP contribution is -2.47. The quantitative estimate of drug-likeness (QED) is 0.546. The molecule has 1 fully saturated rings. The van der Waals surface area contributed by atoms with E-state index in [1.807, 2.05) is 0 Å². The maximum atomic E-state index is 2.55.